The van der Waals surface area contributed by atoms with E-state index in [9.17, 15) is 4.79 Å². The molecule has 22 heavy (non-hydrogen) atoms. The Balaban J connectivity index is 1.72. The topological polar surface area (TPSA) is 38.3 Å². The maximum absolute atomic E-state index is 12.4. The molecule has 0 aromatic heterocycles. The second-order valence-electron chi connectivity index (χ2n) is 5.75. The summed E-state index contributed by atoms with van der Waals surface area (Å²) in [4.78, 5) is 12.4. The van der Waals surface area contributed by atoms with Crippen LogP contribution in [0.25, 0.3) is 0 Å². The maximum Gasteiger partial charge on any atom is 0.231 e. The van der Waals surface area contributed by atoms with Crippen molar-refractivity contribution >= 4 is 23.2 Å². The second-order valence-corrected chi connectivity index (χ2v) is 6.19. The van der Waals surface area contributed by atoms with E-state index in [2.05, 4.69) is 12.2 Å². The summed E-state index contributed by atoms with van der Waals surface area (Å²) in [5.41, 5.74) is 4.18. The molecule has 1 aliphatic rings. The fraction of sp³-hybridized carbons (Fsp3) is 0.278. The first kappa shape index (κ1) is 14.9. The lowest BCUT2D eigenvalue weighted by atomic mass is 9.96. The van der Waals surface area contributed by atoms with Crippen LogP contribution in [0.1, 0.15) is 16.7 Å². The molecule has 3 nitrogen and oxygen atoms in total. The van der Waals surface area contributed by atoms with Gasteiger partial charge in [0.1, 0.15) is 12.4 Å². The molecule has 0 saturated carbocycles. The number of nitrogens with one attached hydrogen (secondary N) is 1. The van der Waals surface area contributed by atoms with Gasteiger partial charge in [-0.25, -0.2) is 0 Å². The molecule has 0 spiro atoms. The Morgan fingerprint density at radius 2 is 2.00 bits per heavy atom. The van der Waals surface area contributed by atoms with Crippen LogP contribution in [0.4, 0.5) is 5.69 Å². The van der Waals surface area contributed by atoms with Gasteiger partial charge in [0.15, 0.2) is 0 Å². The normalized spacial score (nSPS) is 16.6. The average Bonchev–Trinajstić information content (AvgIpc) is 2.50. The minimum atomic E-state index is -0.201. The van der Waals surface area contributed by atoms with Crippen molar-refractivity contribution in [3.8, 4) is 5.75 Å². The average molecular weight is 316 g/mol. The third-order valence-corrected chi connectivity index (χ3v) is 4.31. The Morgan fingerprint density at radius 3 is 2.77 bits per heavy atom. The lowest BCUT2D eigenvalue weighted by Gasteiger charge is -2.24. The van der Waals surface area contributed by atoms with Crippen LogP contribution in [-0.2, 0) is 11.2 Å². The number of carbonyl (C=O) groups excluding carboxylic acids is 1. The molecule has 0 fully saturated rings. The van der Waals surface area contributed by atoms with Crippen molar-refractivity contribution in [2.24, 2.45) is 5.92 Å². The van der Waals surface area contributed by atoms with Gasteiger partial charge in [0.2, 0.25) is 5.91 Å². The van der Waals surface area contributed by atoms with E-state index in [1.54, 1.807) is 6.07 Å². The number of aryl methyl sites for hydroxylation is 2. The lowest BCUT2D eigenvalue weighted by Crippen LogP contribution is -2.32. The van der Waals surface area contributed by atoms with E-state index in [4.69, 9.17) is 16.3 Å². The van der Waals surface area contributed by atoms with Crippen LogP contribution in [0, 0.1) is 19.8 Å². The van der Waals surface area contributed by atoms with Crippen molar-refractivity contribution in [2.75, 3.05) is 11.9 Å². The van der Waals surface area contributed by atoms with E-state index in [0.29, 0.717) is 18.1 Å². The van der Waals surface area contributed by atoms with Crippen LogP contribution in [0.5, 0.6) is 5.75 Å². The highest BCUT2D eigenvalue weighted by atomic mass is 35.5. The number of halogens is 1. The Bertz CT molecular complexity index is 727. The standard InChI is InChI=1S/C18H18ClNO2/c1-11-3-5-16(7-12(11)2)20-18(21)14-8-13-9-15(19)4-6-17(13)22-10-14/h3-7,9,14H,8,10H2,1-2H3,(H,20,21)/t14-/m0/s1. The monoisotopic (exact) mass is 315 g/mol. The highest BCUT2D eigenvalue weighted by Crippen LogP contribution is 2.30. The minimum Gasteiger partial charge on any atom is -0.492 e. The van der Waals surface area contributed by atoms with E-state index < -0.39 is 0 Å². The zero-order chi connectivity index (χ0) is 15.7. The molecule has 3 rings (SSSR count). The summed E-state index contributed by atoms with van der Waals surface area (Å²) in [5.74, 6) is 0.598. The zero-order valence-electron chi connectivity index (χ0n) is 12.7. The van der Waals surface area contributed by atoms with Gasteiger partial charge in [-0.3, -0.25) is 4.79 Å². The molecule has 1 aliphatic heterocycles. The van der Waals surface area contributed by atoms with E-state index in [-0.39, 0.29) is 11.8 Å². The van der Waals surface area contributed by atoms with Crippen molar-refractivity contribution in [1.29, 1.82) is 0 Å². The molecule has 1 N–H and O–H groups in total. The molecule has 1 amide bonds. The Kier molecular flexibility index (Phi) is 4.08. The van der Waals surface area contributed by atoms with Gasteiger partial charge in [-0.1, -0.05) is 17.7 Å². The van der Waals surface area contributed by atoms with E-state index in [1.807, 2.05) is 37.3 Å². The number of hydrogen-bond donors (Lipinski definition) is 1. The van der Waals surface area contributed by atoms with E-state index >= 15 is 0 Å². The second kappa shape index (κ2) is 6.01. The largest absolute Gasteiger partial charge is 0.492 e. The fourth-order valence-electron chi connectivity index (χ4n) is 2.59. The number of ether oxygens (including phenoxy) is 1. The Morgan fingerprint density at radius 1 is 1.18 bits per heavy atom. The number of fused-ring (bicyclic) bond motifs is 1. The molecule has 2 aromatic carbocycles. The van der Waals surface area contributed by atoms with Gasteiger partial charge in [-0.05, 0) is 67.3 Å². The van der Waals surface area contributed by atoms with Crippen molar-refractivity contribution in [3.05, 3.63) is 58.1 Å². The van der Waals surface area contributed by atoms with Crippen LogP contribution in [0.2, 0.25) is 5.02 Å². The highest BCUT2D eigenvalue weighted by Gasteiger charge is 2.26. The zero-order valence-corrected chi connectivity index (χ0v) is 13.4. The lowest BCUT2D eigenvalue weighted by molar-refractivity contribution is -0.121. The number of amides is 1. The minimum absolute atomic E-state index is 0.0196. The third-order valence-electron chi connectivity index (χ3n) is 4.07. The number of carbonyl (C=O) groups is 1. The SMILES string of the molecule is Cc1ccc(NC(=O)[C@@H]2COc3ccc(Cl)cc3C2)cc1C. The molecule has 1 heterocycles. The first-order valence-electron chi connectivity index (χ1n) is 7.32. The third kappa shape index (κ3) is 3.09. The van der Waals surface area contributed by atoms with Gasteiger partial charge in [0, 0.05) is 10.7 Å². The summed E-state index contributed by atoms with van der Waals surface area (Å²) in [6.45, 7) is 4.48. The van der Waals surface area contributed by atoms with Crippen molar-refractivity contribution < 1.29 is 9.53 Å². The van der Waals surface area contributed by atoms with Crippen molar-refractivity contribution in [2.45, 2.75) is 20.3 Å². The van der Waals surface area contributed by atoms with Crippen molar-refractivity contribution in [3.63, 3.8) is 0 Å². The molecule has 1 atom stereocenters. The number of rotatable bonds is 2. The van der Waals surface area contributed by atoms with Gasteiger partial charge in [0.25, 0.3) is 0 Å². The molecule has 0 bridgehead atoms. The molecule has 0 saturated heterocycles. The summed E-state index contributed by atoms with van der Waals surface area (Å²) >= 11 is 6.01. The first-order chi connectivity index (χ1) is 10.5. The molecule has 0 radical (unpaired) electrons. The predicted octanol–water partition coefficient (Wildman–Crippen LogP) is 4.15. The quantitative estimate of drug-likeness (QED) is 0.904. The van der Waals surface area contributed by atoms with Gasteiger partial charge in [0.05, 0.1) is 5.92 Å². The molecular weight excluding hydrogens is 298 g/mol. The number of benzene rings is 2. The van der Waals surface area contributed by atoms with Crippen LogP contribution in [-0.4, -0.2) is 12.5 Å². The van der Waals surface area contributed by atoms with Crippen molar-refractivity contribution in [1.82, 2.24) is 0 Å². The Hall–Kier alpha value is -2.00. The van der Waals surface area contributed by atoms with E-state index in [1.165, 1.54) is 5.56 Å². The molecule has 0 aliphatic carbocycles. The molecule has 0 unspecified atom stereocenters. The Labute approximate surface area is 135 Å². The smallest absolute Gasteiger partial charge is 0.231 e. The van der Waals surface area contributed by atoms with Gasteiger partial charge < -0.3 is 10.1 Å². The van der Waals surface area contributed by atoms with E-state index in [0.717, 1.165) is 22.6 Å². The van der Waals surface area contributed by atoms with Crippen LogP contribution >= 0.6 is 11.6 Å². The van der Waals surface area contributed by atoms with Crippen LogP contribution < -0.4 is 10.1 Å². The first-order valence-corrected chi connectivity index (χ1v) is 7.70. The van der Waals surface area contributed by atoms with Gasteiger partial charge in [-0.15, -0.1) is 0 Å². The molecule has 4 heteroatoms. The predicted molar refractivity (Wildman–Crippen MR) is 88.7 cm³/mol. The maximum atomic E-state index is 12.4. The summed E-state index contributed by atoms with van der Waals surface area (Å²) in [6, 6.07) is 11.4. The molecule has 114 valence electrons. The highest BCUT2D eigenvalue weighted by molar-refractivity contribution is 6.30. The van der Waals surface area contributed by atoms with Gasteiger partial charge in [-0.2, -0.15) is 0 Å². The number of hydrogen-bond acceptors (Lipinski definition) is 2. The van der Waals surface area contributed by atoms with Crippen LogP contribution in [0.3, 0.4) is 0 Å². The summed E-state index contributed by atoms with van der Waals surface area (Å²) in [7, 11) is 0. The fourth-order valence-corrected chi connectivity index (χ4v) is 2.79. The summed E-state index contributed by atoms with van der Waals surface area (Å²) in [6.07, 6.45) is 0.645. The summed E-state index contributed by atoms with van der Waals surface area (Å²) < 4.78 is 5.67. The number of anilines is 1. The van der Waals surface area contributed by atoms with Crippen LogP contribution in [0.15, 0.2) is 36.4 Å². The summed E-state index contributed by atoms with van der Waals surface area (Å²) in [5, 5.41) is 3.64. The molecular formula is C18H18ClNO2. The molecule has 2 aromatic rings. The van der Waals surface area contributed by atoms with Gasteiger partial charge >= 0.3 is 0 Å².